The van der Waals surface area contributed by atoms with Crippen LogP contribution in [0.15, 0.2) is 42.5 Å². The molecule has 2 aromatic rings. The van der Waals surface area contributed by atoms with Crippen LogP contribution in [0.3, 0.4) is 0 Å². The van der Waals surface area contributed by atoms with E-state index in [1.54, 1.807) is 24.3 Å². The summed E-state index contributed by atoms with van der Waals surface area (Å²) in [6, 6.07) is 8.67. The maximum atomic E-state index is 13.6. The Labute approximate surface area is 175 Å². The summed E-state index contributed by atoms with van der Waals surface area (Å²) in [5.41, 5.74) is -0.407. The summed E-state index contributed by atoms with van der Waals surface area (Å²) < 4.78 is 45.9. The van der Waals surface area contributed by atoms with Crippen LogP contribution in [-0.4, -0.2) is 32.2 Å². The topological polar surface area (TPSA) is 41.6 Å². The van der Waals surface area contributed by atoms with Crippen molar-refractivity contribution in [3.63, 3.8) is 0 Å². The van der Waals surface area contributed by atoms with Crippen molar-refractivity contribution in [2.24, 2.45) is 0 Å². The normalized spacial score (nSPS) is 15.0. The van der Waals surface area contributed by atoms with Crippen molar-refractivity contribution in [3.8, 4) is 0 Å². The number of benzene rings is 2. The summed E-state index contributed by atoms with van der Waals surface area (Å²) >= 11 is 12.0. The van der Waals surface area contributed by atoms with Gasteiger partial charge in [0.1, 0.15) is 0 Å². The van der Waals surface area contributed by atoms with E-state index in [2.05, 4.69) is 5.32 Å². The number of carbonyl (C=O) groups is 1. The molecule has 1 fully saturated rings. The molecule has 1 N–H and O–H groups in total. The molecule has 29 heavy (non-hydrogen) atoms. The lowest BCUT2D eigenvalue weighted by molar-refractivity contribution is -0.136. The van der Waals surface area contributed by atoms with E-state index in [1.807, 2.05) is 4.90 Å². The standard InChI is InChI=1S/C20H17Cl2F3N2O2/c21-16-2-1-3-17(22)14(16)5-7-19(28)26-18-6-4-13(12-15(18)20(23,24)25)27-8-10-29-11-9-27/h1-7,12H,8-11H2,(H,26,28)/b7-5+. The van der Waals surface area contributed by atoms with E-state index in [0.717, 1.165) is 12.1 Å². The molecule has 0 radical (unpaired) electrons. The van der Waals surface area contributed by atoms with Crippen molar-refractivity contribution in [2.75, 3.05) is 36.5 Å². The quantitative estimate of drug-likeness (QED) is 0.632. The molecular formula is C20H17Cl2F3N2O2. The molecule has 1 heterocycles. The Morgan fingerprint density at radius 2 is 1.76 bits per heavy atom. The molecule has 0 unspecified atom stereocenters. The SMILES string of the molecule is O=C(/C=C/c1c(Cl)cccc1Cl)Nc1ccc(N2CCOCC2)cc1C(F)(F)F. The monoisotopic (exact) mass is 444 g/mol. The first kappa shape index (κ1) is 21.5. The van der Waals surface area contributed by atoms with Gasteiger partial charge in [0.15, 0.2) is 0 Å². The molecule has 0 bridgehead atoms. The van der Waals surface area contributed by atoms with E-state index in [4.69, 9.17) is 27.9 Å². The minimum absolute atomic E-state index is 0.325. The molecule has 0 saturated carbocycles. The van der Waals surface area contributed by atoms with Crippen LogP contribution < -0.4 is 10.2 Å². The van der Waals surface area contributed by atoms with Crippen molar-refractivity contribution in [2.45, 2.75) is 6.18 Å². The predicted molar refractivity (Wildman–Crippen MR) is 109 cm³/mol. The van der Waals surface area contributed by atoms with E-state index < -0.39 is 17.6 Å². The second-order valence-electron chi connectivity index (χ2n) is 6.28. The molecule has 0 aliphatic carbocycles. The molecule has 1 aliphatic rings. The minimum Gasteiger partial charge on any atom is -0.378 e. The Kier molecular flexibility index (Phi) is 6.72. The van der Waals surface area contributed by atoms with Crippen LogP contribution in [0.2, 0.25) is 10.0 Å². The van der Waals surface area contributed by atoms with Gasteiger partial charge in [0, 0.05) is 40.5 Å². The molecule has 2 aromatic carbocycles. The molecule has 0 spiro atoms. The average molecular weight is 445 g/mol. The van der Waals surface area contributed by atoms with E-state index in [1.165, 1.54) is 12.1 Å². The fourth-order valence-corrected chi connectivity index (χ4v) is 3.42. The van der Waals surface area contributed by atoms with Gasteiger partial charge in [0.05, 0.1) is 24.5 Å². The van der Waals surface area contributed by atoms with E-state index in [-0.39, 0.29) is 5.69 Å². The predicted octanol–water partition coefficient (Wildman–Crippen LogP) is 5.50. The third kappa shape index (κ3) is 5.44. The first-order chi connectivity index (χ1) is 13.8. The molecule has 154 valence electrons. The maximum absolute atomic E-state index is 13.6. The zero-order valence-electron chi connectivity index (χ0n) is 15.1. The van der Waals surface area contributed by atoms with Crippen LogP contribution in [0.4, 0.5) is 24.5 Å². The van der Waals surface area contributed by atoms with Crippen LogP contribution in [0, 0.1) is 0 Å². The Hall–Kier alpha value is -2.22. The van der Waals surface area contributed by atoms with E-state index >= 15 is 0 Å². The highest BCUT2D eigenvalue weighted by molar-refractivity contribution is 6.37. The minimum atomic E-state index is -4.62. The van der Waals surface area contributed by atoms with Crippen molar-refractivity contribution in [1.82, 2.24) is 0 Å². The van der Waals surface area contributed by atoms with Crippen LogP contribution in [0.25, 0.3) is 6.08 Å². The van der Waals surface area contributed by atoms with Crippen molar-refractivity contribution < 1.29 is 22.7 Å². The summed E-state index contributed by atoms with van der Waals surface area (Å²) in [4.78, 5) is 14.0. The second kappa shape index (κ2) is 9.07. The summed E-state index contributed by atoms with van der Waals surface area (Å²) in [5, 5.41) is 2.93. The zero-order chi connectivity index (χ0) is 21.0. The number of hydrogen-bond donors (Lipinski definition) is 1. The van der Waals surface area contributed by atoms with Crippen LogP contribution >= 0.6 is 23.2 Å². The van der Waals surface area contributed by atoms with Gasteiger partial charge in [-0.2, -0.15) is 13.2 Å². The lowest BCUT2D eigenvalue weighted by Gasteiger charge is -2.29. The molecule has 3 rings (SSSR count). The van der Waals surface area contributed by atoms with Crippen molar-refractivity contribution >= 4 is 46.6 Å². The van der Waals surface area contributed by atoms with E-state index in [0.29, 0.717) is 47.6 Å². The first-order valence-corrected chi connectivity index (χ1v) is 9.48. The number of halogens is 5. The van der Waals surface area contributed by atoms with Crippen LogP contribution in [-0.2, 0) is 15.7 Å². The van der Waals surface area contributed by atoms with Crippen LogP contribution in [0.5, 0.6) is 0 Å². The fraction of sp³-hybridized carbons (Fsp3) is 0.250. The van der Waals surface area contributed by atoms with Gasteiger partial charge in [-0.3, -0.25) is 4.79 Å². The molecule has 4 nitrogen and oxygen atoms in total. The van der Waals surface area contributed by atoms with Crippen molar-refractivity contribution in [1.29, 1.82) is 0 Å². The highest BCUT2D eigenvalue weighted by Gasteiger charge is 2.34. The van der Waals surface area contributed by atoms with Gasteiger partial charge in [0.25, 0.3) is 0 Å². The number of morpholine rings is 1. The largest absolute Gasteiger partial charge is 0.418 e. The number of alkyl halides is 3. The number of rotatable bonds is 4. The molecule has 9 heteroatoms. The summed E-state index contributed by atoms with van der Waals surface area (Å²) in [6.07, 6.45) is -2.18. The third-order valence-electron chi connectivity index (χ3n) is 4.34. The number of ether oxygens (including phenoxy) is 1. The lowest BCUT2D eigenvalue weighted by Crippen LogP contribution is -2.36. The van der Waals surface area contributed by atoms with E-state index in [9.17, 15) is 18.0 Å². The number of nitrogens with zero attached hydrogens (tertiary/aromatic N) is 1. The number of anilines is 2. The Bertz CT molecular complexity index is 906. The number of amides is 1. The highest BCUT2D eigenvalue weighted by atomic mass is 35.5. The molecule has 1 aliphatic heterocycles. The number of nitrogens with one attached hydrogen (secondary N) is 1. The van der Waals surface area contributed by atoms with Gasteiger partial charge in [-0.1, -0.05) is 29.3 Å². The molecule has 1 saturated heterocycles. The zero-order valence-corrected chi connectivity index (χ0v) is 16.6. The van der Waals surface area contributed by atoms with Gasteiger partial charge in [-0.05, 0) is 36.4 Å². The maximum Gasteiger partial charge on any atom is 0.418 e. The van der Waals surface area contributed by atoms with Gasteiger partial charge in [0.2, 0.25) is 5.91 Å². The first-order valence-electron chi connectivity index (χ1n) is 8.73. The molecule has 0 aromatic heterocycles. The van der Waals surface area contributed by atoms with Gasteiger partial charge in [-0.25, -0.2) is 0 Å². The summed E-state index contributed by atoms with van der Waals surface area (Å²) in [6.45, 7) is 1.92. The summed E-state index contributed by atoms with van der Waals surface area (Å²) in [5.74, 6) is -0.731. The second-order valence-corrected chi connectivity index (χ2v) is 7.10. The van der Waals surface area contributed by atoms with Gasteiger partial charge >= 0.3 is 6.18 Å². The van der Waals surface area contributed by atoms with Gasteiger partial charge in [-0.15, -0.1) is 0 Å². The Morgan fingerprint density at radius 3 is 2.38 bits per heavy atom. The number of hydrogen-bond acceptors (Lipinski definition) is 3. The van der Waals surface area contributed by atoms with Crippen molar-refractivity contribution in [3.05, 3.63) is 63.6 Å². The Balaban J connectivity index is 1.82. The van der Waals surface area contributed by atoms with Gasteiger partial charge < -0.3 is 15.0 Å². The third-order valence-corrected chi connectivity index (χ3v) is 5.00. The molecular weight excluding hydrogens is 428 g/mol. The summed E-state index contributed by atoms with van der Waals surface area (Å²) in [7, 11) is 0. The smallest absolute Gasteiger partial charge is 0.378 e. The average Bonchev–Trinajstić information content (AvgIpc) is 2.68. The lowest BCUT2D eigenvalue weighted by atomic mass is 10.1. The number of carbonyl (C=O) groups excluding carboxylic acids is 1. The molecule has 1 amide bonds. The molecule has 0 atom stereocenters. The Morgan fingerprint density at radius 1 is 1.10 bits per heavy atom. The highest BCUT2D eigenvalue weighted by Crippen LogP contribution is 2.37. The fourth-order valence-electron chi connectivity index (χ4n) is 2.90. The van der Waals surface area contributed by atoms with Crippen LogP contribution in [0.1, 0.15) is 11.1 Å².